The quantitative estimate of drug-likeness (QED) is 0.895. The van der Waals surface area contributed by atoms with Gasteiger partial charge in [0.2, 0.25) is 0 Å². The predicted molar refractivity (Wildman–Crippen MR) is 91.0 cm³/mol. The Hall–Kier alpha value is -2.00. The number of amides is 1. The summed E-state index contributed by atoms with van der Waals surface area (Å²) in [6.07, 6.45) is 0. The molecule has 3 nitrogen and oxygen atoms in total. The van der Waals surface area contributed by atoms with Crippen LogP contribution in [0.2, 0.25) is 5.02 Å². The second-order valence-electron chi connectivity index (χ2n) is 5.45. The summed E-state index contributed by atoms with van der Waals surface area (Å²) >= 11 is 5.91. The highest BCUT2D eigenvalue weighted by molar-refractivity contribution is 6.30. The maximum atomic E-state index is 12.1. The van der Waals surface area contributed by atoms with Crippen LogP contribution in [0.1, 0.15) is 22.3 Å². The monoisotopic (exact) mass is 317 g/mol. The van der Waals surface area contributed by atoms with Crippen LogP contribution in [0.5, 0.6) is 5.75 Å². The highest BCUT2D eigenvalue weighted by atomic mass is 35.5. The first kappa shape index (κ1) is 16.4. The van der Waals surface area contributed by atoms with Crippen molar-refractivity contribution < 1.29 is 9.53 Å². The Kier molecular flexibility index (Phi) is 5.09. The lowest BCUT2D eigenvalue weighted by molar-refractivity contribution is -0.118. The number of anilines is 1. The van der Waals surface area contributed by atoms with E-state index in [2.05, 4.69) is 11.4 Å². The van der Waals surface area contributed by atoms with Crippen molar-refractivity contribution >= 4 is 23.2 Å². The molecule has 0 aromatic heterocycles. The number of ether oxygens (including phenoxy) is 1. The van der Waals surface area contributed by atoms with Gasteiger partial charge in [-0.1, -0.05) is 23.7 Å². The molecule has 0 atom stereocenters. The number of carbonyl (C=O) groups excluding carboxylic acids is 1. The third kappa shape index (κ3) is 3.80. The van der Waals surface area contributed by atoms with Gasteiger partial charge >= 0.3 is 0 Å². The molecule has 4 heteroatoms. The smallest absolute Gasteiger partial charge is 0.262 e. The highest BCUT2D eigenvalue weighted by Crippen LogP contribution is 2.26. The van der Waals surface area contributed by atoms with Gasteiger partial charge in [0, 0.05) is 10.7 Å². The van der Waals surface area contributed by atoms with Gasteiger partial charge in [-0.2, -0.15) is 0 Å². The van der Waals surface area contributed by atoms with Crippen molar-refractivity contribution in [1.82, 2.24) is 0 Å². The molecule has 2 aromatic rings. The molecule has 22 heavy (non-hydrogen) atoms. The first-order chi connectivity index (χ1) is 10.4. The zero-order valence-electron chi connectivity index (χ0n) is 13.3. The second kappa shape index (κ2) is 6.84. The minimum absolute atomic E-state index is 0.0206. The summed E-state index contributed by atoms with van der Waals surface area (Å²) in [5.41, 5.74) is 4.91. The van der Waals surface area contributed by atoms with Gasteiger partial charge in [0.05, 0.1) is 0 Å². The van der Waals surface area contributed by atoms with Crippen LogP contribution in [-0.4, -0.2) is 12.5 Å². The minimum atomic E-state index is -0.189. The molecule has 0 aliphatic rings. The minimum Gasteiger partial charge on any atom is -0.483 e. The molecule has 0 heterocycles. The van der Waals surface area contributed by atoms with Gasteiger partial charge in [-0.05, 0) is 68.1 Å². The second-order valence-corrected chi connectivity index (χ2v) is 5.89. The van der Waals surface area contributed by atoms with Crippen LogP contribution in [0.3, 0.4) is 0 Å². The zero-order valence-corrected chi connectivity index (χ0v) is 14.0. The predicted octanol–water partition coefficient (Wildman–Crippen LogP) is 4.59. The molecule has 0 spiro atoms. The molecule has 0 radical (unpaired) electrons. The molecule has 0 bridgehead atoms. The van der Waals surface area contributed by atoms with Gasteiger partial charge in [-0.15, -0.1) is 0 Å². The van der Waals surface area contributed by atoms with Gasteiger partial charge in [0.15, 0.2) is 6.61 Å². The number of carbonyl (C=O) groups is 1. The van der Waals surface area contributed by atoms with E-state index in [1.54, 1.807) is 12.1 Å². The van der Waals surface area contributed by atoms with E-state index < -0.39 is 0 Å². The topological polar surface area (TPSA) is 38.3 Å². The lowest BCUT2D eigenvalue weighted by Gasteiger charge is -2.14. The standard InChI is InChI=1S/C18H20ClNO2/c1-11-5-6-12(2)18(14(11)4)22-10-17(21)20-16-8-7-15(19)9-13(16)3/h5-9H,10H2,1-4H3,(H,20,21). The average molecular weight is 318 g/mol. The van der Waals surface area contributed by atoms with E-state index >= 15 is 0 Å². The van der Waals surface area contributed by atoms with Gasteiger partial charge in [-0.3, -0.25) is 4.79 Å². The van der Waals surface area contributed by atoms with Crippen molar-refractivity contribution in [3.8, 4) is 5.75 Å². The number of benzene rings is 2. The van der Waals surface area contributed by atoms with Crippen molar-refractivity contribution in [1.29, 1.82) is 0 Å². The van der Waals surface area contributed by atoms with Crippen molar-refractivity contribution in [2.45, 2.75) is 27.7 Å². The van der Waals surface area contributed by atoms with Crippen LogP contribution >= 0.6 is 11.6 Å². The Bertz CT molecular complexity index is 710. The van der Waals surface area contributed by atoms with Crippen LogP contribution < -0.4 is 10.1 Å². The molecule has 0 unspecified atom stereocenters. The summed E-state index contributed by atoms with van der Waals surface area (Å²) in [6, 6.07) is 9.40. The third-order valence-corrected chi connectivity index (χ3v) is 3.92. The van der Waals surface area contributed by atoms with Gasteiger partial charge in [0.25, 0.3) is 5.91 Å². The van der Waals surface area contributed by atoms with E-state index in [1.807, 2.05) is 39.8 Å². The molecule has 2 aromatic carbocycles. The Morgan fingerprint density at radius 3 is 2.41 bits per heavy atom. The molecule has 0 saturated carbocycles. The first-order valence-corrected chi connectivity index (χ1v) is 7.52. The van der Waals surface area contributed by atoms with Crippen molar-refractivity contribution in [3.63, 3.8) is 0 Å². The molecule has 0 aliphatic carbocycles. The van der Waals surface area contributed by atoms with E-state index in [-0.39, 0.29) is 12.5 Å². The van der Waals surface area contributed by atoms with Gasteiger partial charge < -0.3 is 10.1 Å². The van der Waals surface area contributed by atoms with Crippen molar-refractivity contribution in [2.75, 3.05) is 11.9 Å². The number of halogens is 1. The number of hydrogen-bond donors (Lipinski definition) is 1. The van der Waals surface area contributed by atoms with E-state index in [9.17, 15) is 4.79 Å². The van der Waals surface area contributed by atoms with Crippen LogP contribution in [0, 0.1) is 27.7 Å². The average Bonchev–Trinajstić information content (AvgIpc) is 2.46. The largest absolute Gasteiger partial charge is 0.483 e. The lowest BCUT2D eigenvalue weighted by atomic mass is 10.1. The number of hydrogen-bond acceptors (Lipinski definition) is 2. The molecular formula is C18H20ClNO2. The SMILES string of the molecule is Cc1cc(Cl)ccc1NC(=O)COc1c(C)ccc(C)c1C. The Morgan fingerprint density at radius 1 is 1.05 bits per heavy atom. The van der Waals surface area contributed by atoms with E-state index in [0.29, 0.717) is 5.02 Å². The summed E-state index contributed by atoms with van der Waals surface area (Å²) in [7, 11) is 0. The fraction of sp³-hybridized carbons (Fsp3) is 0.278. The molecular weight excluding hydrogens is 298 g/mol. The molecule has 2 rings (SSSR count). The van der Waals surface area contributed by atoms with Crippen molar-refractivity contribution in [3.05, 3.63) is 57.6 Å². The molecule has 0 aliphatic heterocycles. The highest BCUT2D eigenvalue weighted by Gasteiger charge is 2.10. The number of rotatable bonds is 4. The summed E-state index contributed by atoms with van der Waals surface area (Å²) in [5.74, 6) is 0.591. The van der Waals surface area contributed by atoms with Gasteiger partial charge in [0.1, 0.15) is 5.75 Å². The Balaban J connectivity index is 2.03. The molecule has 0 fully saturated rings. The molecule has 1 amide bonds. The summed E-state index contributed by atoms with van der Waals surface area (Å²) < 4.78 is 5.71. The Labute approximate surface area is 136 Å². The fourth-order valence-electron chi connectivity index (χ4n) is 2.24. The Morgan fingerprint density at radius 2 is 1.73 bits per heavy atom. The normalized spacial score (nSPS) is 10.4. The number of nitrogens with one attached hydrogen (secondary N) is 1. The zero-order chi connectivity index (χ0) is 16.3. The number of aryl methyl sites for hydroxylation is 3. The maximum Gasteiger partial charge on any atom is 0.262 e. The summed E-state index contributed by atoms with van der Waals surface area (Å²) in [4.78, 5) is 12.1. The van der Waals surface area contributed by atoms with Crippen LogP contribution in [0.25, 0.3) is 0 Å². The fourth-order valence-corrected chi connectivity index (χ4v) is 2.47. The van der Waals surface area contributed by atoms with Crippen LogP contribution in [-0.2, 0) is 4.79 Å². The third-order valence-electron chi connectivity index (χ3n) is 3.68. The molecule has 1 N–H and O–H groups in total. The first-order valence-electron chi connectivity index (χ1n) is 7.14. The molecule has 0 saturated heterocycles. The van der Waals surface area contributed by atoms with E-state index in [4.69, 9.17) is 16.3 Å². The van der Waals surface area contributed by atoms with E-state index in [0.717, 1.165) is 33.7 Å². The molecule has 116 valence electrons. The summed E-state index contributed by atoms with van der Waals surface area (Å²) in [6.45, 7) is 7.88. The van der Waals surface area contributed by atoms with Gasteiger partial charge in [-0.25, -0.2) is 0 Å². The van der Waals surface area contributed by atoms with Crippen molar-refractivity contribution in [2.24, 2.45) is 0 Å². The van der Waals surface area contributed by atoms with E-state index in [1.165, 1.54) is 0 Å². The lowest BCUT2D eigenvalue weighted by Crippen LogP contribution is -2.21. The van der Waals surface area contributed by atoms with Crippen LogP contribution in [0.4, 0.5) is 5.69 Å². The summed E-state index contributed by atoms with van der Waals surface area (Å²) in [5, 5.41) is 3.49. The maximum absolute atomic E-state index is 12.1. The van der Waals surface area contributed by atoms with Crippen LogP contribution in [0.15, 0.2) is 30.3 Å².